The summed E-state index contributed by atoms with van der Waals surface area (Å²) in [6.07, 6.45) is 0.579. The highest BCUT2D eigenvalue weighted by Crippen LogP contribution is 2.43. The van der Waals surface area contributed by atoms with E-state index >= 15 is 0 Å². The number of hydrogen-bond donors (Lipinski definition) is 1. The van der Waals surface area contributed by atoms with Gasteiger partial charge in [0.15, 0.2) is 14.1 Å². The molecule has 0 aliphatic carbocycles. The molecule has 2 fully saturated rings. The summed E-state index contributed by atoms with van der Waals surface area (Å²) in [7, 11) is 0.297. The fourth-order valence-corrected chi connectivity index (χ4v) is 5.88. The fraction of sp³-hybridized carbons (Fsp3) is 0.852. The van der Waals surface area contributed by atoms with Crippen molar-refractivity contribution in [2.75, 3.05) is 27.4 Å². The van der Waals surface area contributed by atoms with Gasteiger partial charge in [0.05, 0.1) is 25.9 Å². The van der Waals surface area contributed by atoms with Crippen LogP contribution in [0, 0.1) is 0 Å². The van der Waals surface area contributed by atoms with E-state index in [4.69, 9.17) is 32.8 Å². The molecule has 1 amide bonds. The zero-order valence-electron chi connectivity index (χ0n) is 24.9. The predicted octanol–water partition coefficient (Wildman–Crippen LogP) is 3.69. The van der Waals surface area contributed by atoms with Crippen LogP contribution in [0.3, 0.4) is 0 Å². The first-order valence-corrected chi connectivity index (χ1v) is 16.2. The Bertz CT molecular complexity index is 828. The quantitative estimate of drug-likeness (QED) is 0.166. The maximum Gasteiger partial charge on any atom is 0.366 e. The van der Waals surface area contributed by atoms with Gasteiger partial charge < -0.3 is 38.2 Å². The highest BCUT2D eigenvalue weighted by molar-refractivity contribution is 6.74. The lowest BCUT2D eigenvalue weighted by atomic mass is 9.88. The predicted molar refractivity (Wildman–Crippen MR) is 145 cm³/mol. The van der Waals surface area contributed by atoms with Crippen LogP contribution in [-0.4, -0.2) is 89.7 Å². The van der Waals surface area contributed by atoms with Gasteiger partial charge in [-0.15, -0.1) is 6.58 Å². The summed E-state index contributed by atoms with van der Waals surface area (Å²) < 4.78 is 42.6. The zero-order valence-corrected chi connectivity index (χ0v) is 25.9. The molecule has 2 aliphatic heterocycles. The van der Waals surface area contributed by atoms with Crippen molar-refractivity contribution in [1.29, 1.82) is 0 Å². The van der Waals surface area contributed by atoms with Gasteiger partial charge in [0.25, 0.3) is 5.79 Å². The van der Waals surface area contributed by atoms with Gasteiger partial charge in [0.1, 0.15) is 18.3 Å². The summed E-state index contributed by atoms with van der Waals surface area (Å²) >= 11 is 0. The highest BCUT2D eigenvalue weighted by atomic mass is 28.4. The molecule has 2 heterocycles. The van der Waals surface area contributed by atoms with Gasteiger partial charge >= 0.3 is 5.97 Å². The van der Waals surface area contributed by atoms with E-state index in [1.54, 1.807) is 0 Å². The monoisotopic (exact) mass is 559 g/mol. The molecule has 0 aromatic carbocycles. The van der Waals surface area contributed by atoms with Crippen molar-refractivity contribution < 1.29 is 42.4 Å². The van der Waals surface area contributed by atoms with Gasteiger partial charge in [-0.25, -0.2) is 4.79 Å². The van der Waals surface area contributed by atoms with E-state index in [1.165, 1.54) is 21.1 Å². The number of unbranched alkanes of at least 4 members (excludes halogenated alkanes) is 1. The lowest BCUT2D eigenvalue weighted by Gasteiger charge is -2.51. The van der Waals surface area contributed by atoms with E-state index in [0.717, 1.165) is 12.8 Å². The van der Waals surface area contributed by atoms with Crippen LogP contribution in [0.4, 0.5) is 0 Å². The second-order valence-electron chi connectivity index (χ2n) is 12.0. The summed E-state index contributed by atoms with van der Waals surface area (Å²) in [5.74, 6) is -3.54. The van der Waals surface area contributed by atoms with Crippen LogP contribution in [0.25, 0.3) is 0 Å². The number of nitrogens with one attached hydrogen (secondary N) is 1. The molecule has 6 atom stereocenters. The Labute approximate surface area is 229 Å². The topological polar surface area (TPSA) is 111 Å². The van der Waals surface area contributed by atoms with Crippen molar-refractivity contribution in [2.45, 2.75) is 121 Å². The molecule has 0 radical (unpaired) electrons. The summed E-state index contributed by atoms with van der Waals surface area (Å²) in [6.45, 7) is 20.1. The van der Waals surface area contributed by atoms with Crippen molar-refractivity contribution in [3.8, 4) is 0 Å². The number of hydrogen-bond acceptors (Lipinski definition) is 9. The van der Waals surface area contributed by atoms with Crippen molar-refractivity contribution in [3.63, 3.8) is 0 Å². The van der Waals surface area contributed by atoms with E-state index in [0.29, 0.717) is 6.61 Å². The molecule has 10 nitrogen and oxygen atoms in total. The Balaban J connectivity index is 2.61. The van der Waals surface area contributed by atoms with Crippen LogP contribution in [0.15, 0.2) is 12.7 Å². The lowest BCUT2D eigenvalue weighted by molar-refractivity contribution is -0.307. The van der Waals surface area contributed by atoms with Crippen LogP contribution >= 0.6 is 0 Å². The molecule has 0 spiro atoms. The lowest BCUT2D eigenvalue weighted by Crippen LogP contribution is -2.69. The number of rotatable bonds is 12. The van der Waals surface area contributed by atoms with E-state index in [2.05, 4.69) is 45.8 Å². The largest absolute Gasteiger partial charge is 0.465 e. The number of carbonyl (C=O) groups excluding carboxylic acids is 2. The molecule has 2 saturated heterocycles. The van der Waals surface area contributed by atoms with Gasteiger partial charge in [-0.2, -0.15) is 0 Å². The Kier molecular flexibility index (Phi) is 11.1. The molecule has 1 N–H and O–H groups in total. The first kappa shape index (κ1) is 32.9. The first-order chi connectivity index (χ1) is 17.5. The molecule has 0 unspecified atom stereocenters. The molecule has 0 aromatic rings. The summed E-state index contributed by atoms with van der Waals surface area (Å²) in [5.41, 5.74) is 0. The van der Waals surface area contributed by atoms with Gasteiger partial charge in [-0.3, -0.25) is 4.79 Å². The summed E-state index contributed by atoms with van der Waals surface area (Å²) in [6, 6.07) is -0.661. The van der Waals surface area contributed by atoms with E-state index in [-0.39, 0.29) is 24.0 Å². The fourth-order valence-electron chi connectivity index (χ4n) is 4.54. The molecule has 0 bridgehead atoms. The molecule has 0 aromatic heterocycles. The Morgan fingerprint density at radius 3 is 2.34 bits per heavy atom. The smallest absolute Gasteiger partial charge is 0.366 e. The molecular formula is C27H49NO9Si. The Morgan fingerprint density at radius 2 is 1.87 bits per heavy atom. The summed E-state index contributed by atoms with van der Waals surface area (Å²) in [4.78, 5) is 25.6. The SMILES string of the molecule is C=CCCCO[C@@H]([C@@H]1O[C@](OC)(C(=O)OC)C[C@H](O[Si](C)(C)C(C)(C)C)[C@H]1NC(C)=O)[C@H]1COC(C)(C)O1. The van der Waals surface area contributed by atoms with Crippen molar-refractivity contribution >= 4 is 20.2 Å². The minimum atomic E-state index is -2.38. The van der Waals surface area contributed by atoms with E-state index < -0.39 is 56.3 Å². The Morgan fingerprint density at radius 1 is 1.21 bits per heavy atom. The van der Waals surface area contributed by atoms with Gasteiger partial charge in [0.2, 0.25) is 5.91 Å². The van der Waals surface area contributed by atoms with Crippen molar-refractivity contribution in [1.82, 2.24) is 5.32 Å². The standard InChI is InChI=1S/C27H49NO9Si/c1-12-13-14-15-33-22(20-17-34-26(6,7)35-20)23-21(28-18(2)29)19(37-38(10,11)25(3,4)5)16-27(32-9,36-23)24(30)31-8/h12,19-23H,1,13-17H2,2-11H3,(H,28,29)/t19-,20+,21+,22+,23+,27-/m0/s1. The van der Waals surface area contributed by atoms with Crippen molar-refractivity contribution in [2.24, 2.45) is 0 Å². The number of amides is 1. The van der Waals surface area contributed by atoms with E-state index in [9.17, 15) is 9.59 Å². The molecule has 0 saturated carbocycles. The average Bonchev–Trinajstić information content (AvgIpc) is 3.17. The van der Waals surface area contributed by atoms with E-state index in [1.807, 2.05) is 19.9 Å². The van der Waals surface area contributed by atoms with Crippen LogP contribution in [0.5, 0.6) is 0 Å². The highest BCUT2D eigenvalue weighted by Gasteiger charge is 2.59. The van der Waals surface area contributed by atoms with Crippen molar-refractivity contribution in [3.05, 3.63) is 12.7 Å². The number of carbonyl (C=O) groups is 2. The molecule has 220 valence electrons. The minimum absolute atomic E-state index is 0.0286. The number of allylic oxidation sites excluding steroid dienone is 1. The van der Waals surface area contributed by atoms with Gasteiger partial charge in [0, 0.05) is 27.1 Å². The third kappa shape index (κ3) is 7.86. The maximum atomic E-state index is 13.1. The molecule has 2 aliphatic rings. The molecular weight excluding hydrogens is 510 g/mol. The molecule has 11 heteroatoms. The van der Waals surface area contributed by atoms with Gasteiger partial charge in [-0.1, -0.05) is 26.8 Å². The second-order valence-corrected chi connectivity index (χ2v) is 16.8. The summed E-state index contributed by atoms with van der Waals surface area (Å²) in [5, 5.41) is 2.90. The van der Waals surface area contributed by atoms with Crippen LogP contribution in [0.2, 0.25) is 18.1 Å². The first-order valence-electron chi connectivity index (χ1n) is 13.3. The molecule has 38 heavy (non-hydrogen) atoms. The number of ether oxygens (including phenoxy) is 6. The normalized spacial score (nSPS) is 30.5. The second kappa shape index (κ2) is 12.9. The molecule has 2 rings (SSSR count). The zero-order chi connectivity index (χ0) is 28.9. The average molecular weight is 560 g/mol. The number of methoxy groups -OCH3 is 2. The Hall–Kier alpha value is -1.34. The van der Waals surface area contributed by atoms with Crippen LogP contribution in [-0.2, 0) is 42.4 Å². The maximum absolute atomic E-state index is 13.1. The minimum Gasteiger partial charge on any atom is -0.465 e. The third-order valence-corrected chi connectivity index (χ3v) is 12.1. The van der Waals surface area contributed by atoms with Crippen LogP contribution in [0.1, 0.15) is 60.8 Å². The number of esters is 1. The third-order valence-electron chi connectivity index (χ3n) is 7.58. The van der Waals surface area contributed by atoms with Crippen LogP contribution < -0.4 is 5.32 Å². The van der Waals surface area contributed by atoms with Gasteiger partial charge in [-0.05, 0) is 44.8 Å².